The van der Waals surface area contributed by atoms with Gasteiger partial charge in [0.1, 0.15) is 5.75 Å². The summed E-state index contributed by atoms with van der Waals surface area (Å²) in [6.45, 7) is 2.22. The van der Waals surface area contributed by atoms with E-state index in [1.54, 1.807) is 29.5 Å². The van der Waals surface area contributed by atoms with Crippen molar-refractivity contribution in [1.82, 2.24) is 14.7 Å². The molecule has 0 bridgehead atoms. The van der Waals surface area contributed by atoms with Crippen molar-refractivity contribution in [2.45, 2.75) is 13.3 Å². The van der Waals surface area contributed by atoms with Gasteiger partial charge in [0.05, 0.1) is 12.7 Å². The molecule has 24 heavy (non-hydrogen) atoms. The molecule has 1 N–H and O–H groups in total. The van der Waals surface area contributed by atoms with Crippen LogP contribution in [0.15, 0.2) is 40.5 Å². The zero-order valence-corrected chi connectivity index (χ0v) is 14.2. The van der Waals surface area contributed by atoms with Gasteiger partial charge in [-0.05, 0) is 19.1 Å². The molecule has 0 fully saturated rings. The molecule has 6 nitrogen and oxygen atoms in total. The van der Waals surface area contributed by atoms with E-state index >= 15 is 0 Å². The summed E-state index contributed by atoms with van der Waals surface area (Å²) >= 11 is 1.42. The monoisotopic (exact) mass is 343 g/mol. The molecule has 0 spiro atoms. The third-order valence-corrected chi connectivity index (χ3v) is 4.50. The van der Waals surface area contributed by atoms with Crippen LogP contribution in [-0.2, 0) is 6.42 Å². The lowest BCUT2D eigenvalue weighted by Crippen LogP contribution is -2.27. The van der Waals surface area contributed by atoms with Gasteiger partial charge in [0.15, 0.2) is 4.96 Å². The fourth-order valence-corrected chi connectivity index (χ4v) is 3.46. The molecule has 0 aliphatic carbocycles. The number of benzene rings is 1. The number of aromatic nitrogens is 2. The van der Waals surface area contributed by atoms with Gasteiger partial charge in [0.25, 0.3) is 11.5 Å². The second-order valence-corrected chi connectivity index (χ2v) is 6.12. The van der Waals surface area contributed by atoms with E-state index in [2.05, 4.69) is 10.3 Å². The molecule has 0 unspecified atom stereocenters. The van der Waals surface area contributed by atoms with Gasteiger partial charge in [-0.3, -0.25) is 14.0 Å². The molecule has 2 heterocycles. The second kappa shape index (κ2) is 6.84. The molecule has 0 aliphatic heterocycles. The molecule has 0 saturated heterocycles. The summed E-state index contributed by atoms with van der Waals surface area (Å²) in [5.41, 5.74) is 1.94. The normalized spacial score (nSPS) is 10.8. The minimum Gasteiger partial charge on any atom is -0.496 e. The van der Waals surface area contributed by atoms with E-state index in [1.165, 1.54) is 24.5 Å². The molecule has 3 rings (SSSR count). The number of nitrogens with one attached hydrogen (secondary N) is 1. The smallest absolute Gasteiger partial charge is 0.258 e. The van der Waals surface area contributed by atoms with E-state index in [9.17, 15) is 9.59 Å². The van der Waals surface area contributed by atoms with Crippen molar-refractivity contribution in [3.05, 3.63) is 63.0 Å². The average molecular weight is 343 g/mol. The summed E-state index contributed by atoms with van der Waals surface area (Å²) in [6, 6.07) is 8.57. The van der Waals surface area contributed by atoms with Gasteiger partial charge in [-0.15, -0.1) is 11.3 Å². The average Bonchev–Trinajstić information content (AvgIpc) is 2.97. The lowest BCUT2D eigenvalue weighted by Gasteiger charge is -2.09. The highest BCUT2D eigenvalue weighted by atomic mass is 32.1. The fraction of sp³-hybridized carbons (Fsp3) is 0.235. The van der Waals surface area contributed by atoms with Gasteiger partial charge in [0.2, 0.25) is 0 Å². The molecule has 7 heteroatoms. The van der Waals surface area contributed by atoms with Crippen molar-refractivity contribution in [2.75, 3.05) is 13.7 Å². The number of ether oxygens (including phenoxy) is 1. The predicted octanol–water partition coefficient (Wildman–Crippen LogP) is 2.05. The molecule has 1 aromatic carbocycles. The Morgan fingerprint density at radius 3 is 2.96 bits per heavy atom. The summed E-state index contributed by atoms with van der Waals surface area (Å²) in [4.78, 5) is 29.4. The summed E-state index contributed by atoms with van der Waals surface area (Å²) in [5.74, 6) is 0.333. The molecule has 124 valence electrons. The number of carbonyl (C=O) groups excluding carboxylic acids is 1. The van der Waals surface area contributed by atoms with Crippen molar-refractivity contribution in [2.24, 2.45) is 0 Å². The van der Waals surface area contributed by atoms with Crippen LogP contribution in [-0.4, -0.2) is 28.9 Å². The van der Waals surface area contributed by atoms with Crippen LogP contribution in [0.1, 0.15) is 21.7 Å². The number of hydrogen-bond acceptors (Lipinski definition) is 5. The number of para-hydroxylation sites is 1. The van der Waals surface area contributed by atoms with Crippen molar-refractivity contribution in [3.8, 4) is 5.75 Å². The summed E-state index contributed by atoms with van der Waals surface area (Å²) in [5, 5.41) is 4.76. The number of methoxy groups -OCH3 is 1. The topological polar surface area (TPSA) is 72.7 Å². The highest BCUT2D eigenvalue weighted by molar-refractivity contribution is 7.15. The number of aryl methyl sites for hydroxylation is 1. The quantitative estimate of drug-likeness (QED) is 0.769. The van der Waals surface area contributed by atoms with Crippen LogP contribution in [0.3, 0.4) is 0 Å². The number of fused-ring (bicyclic) bond motifs is 1. The zero-order chi connectivity index (χ0) is 17.1. The third kappa shape index (κ3) is 3.16. The fourth-order valence-electron chi connectivity index (χ4n) is 2.49. The first-order chi connectivity index (χ1) is 11.6. The molecule has 0 saturated carbocycles. The van der Waals surface area contributed by atoms with Crippen molar-refractivity contribution >= 4 is 22.2 Å². The van der Waals surface area contributed by atoms with Gasteiger partial charge in [-0.25, -0.2) is 4.98 Å². The SMILES string of the molecule is COc1ccccc1C(=O)NCCc1csc2nc(C)cc(=O)n12. The zero-order valence-electron chi connectivity index (χ0n) is 13.4. The lowest BCUT2D eigenvalue weighted by atomic mass is 10.2. The van der Waals surface area contributed by atoms with Crippen LogP contribution in [0, 0.1) is 6.92 Å². The maximum absolute atomic E-state index is 12.3. The maximum atomic E-state index is 12.3. The molecular formula is C17H17N3O3S. The predicted molar refractivity (Wildman–Crippen MR) is 93.1 cm³/mol. The van der Waals surface area contributed by atoms with Crippen LogP contribution < -0.4 is 15.6 Å². The second-order valence-electron chi connectivity index (χ2n) is 5.29. The van der Waals surface area contributed by atoms with E-state index in [4.69, 9.17) is 4.74 Å². The standard InChI is InChI=1S/C17H17N3O3S/c1-11-9-15(21)20-12(10-24-17(20)19-11)7-8-18-16(22)13-5-3-4-6-14(13)23-2/h3-6,9-10H,7-8H2,1-2H3,(H,18,22). The van der Waals surface area contributed by atoms with Gasteiger partial charge < -0.3 is 10.1 Å². The minimum absolute atomic E-state index is 0.0928. The summed E-state index contributed by atoms with van der Waals surface area (Å²) < 4.78 is 6.78. The molecule has 0 radical (unpaired) electrons. The highest BCUT2D eigenvalue weighted by Crippen LogP contribution is 2.17. The first-order valence-electron chi connectivity index (χ1n) is 7.48. The minimum atomic E-state index is -0.201. The number of amides is 1. The van der Waals surface area contributed by atoms with E-state index in [0.29, 0.717) is 34.9 Å². The van der Waals surface area contributed by atoms with Crippen LogP contribution in [0.25, 0.3) is 4.96 Å². The Hall–Kier alpha value is -2.67. The molecule has 0 atom stereocenters. The van der Waals surface area contributed by atoms with E-state index in [1.807, 2.05) is 11.4 Å². The molecular weight excluding hydrogens is 326 g/mol. The summed E-state index contributed by atoms with van der Waals surface area (Å²) in [7, 11) is 1.53. The molecule has 0 aliphatic rings. The Morgan fingerprint density at radius 1 is 1.38 bits per heavy atom. The van der Waals surface area contributed by atoms with Gasteiger partial charge in [0, 0.05) is 35.8 Å². The van der Waals surface area contributed by atoms with Crippen molar-refractivity contribution in [3.63, 3.8) is 0 Å². The van der Waals surface area contributed by atoms with Crippen molar-refractivity contribution < 1.29 is 9.53 Å². The first kappa shape index (κ1) is 16.2. The Bertz CT molecular complexity index is 946. The van der Waals surface area contributed by atoms with E-state index < -0.39 is 0 Å². The first-order valence-corrected chi connectivity index (χ1v) is 8.36. The largest absolute Gasteiger partial charge is 0.496 e. The Kier molecular flexibility index (Phi) is 4.61. The Balaban J connectivity index is 1.71. The highest BCUT2D eigenvalue weighted by Gasteiger charge is 2.12. The van der Waals surface area contributed by atoms with Gasteiger partial charge in [-0.2, -0.15) is 0 Å². The number of nitrogens with zero attached hydrogens (tertiary/aromatic N) is 2. The van der Waals surface area contributed by atoms with Crippen LogP contribution in [0.5, 0.6) is 5.75 Å². The van der Waals surface area contributed by atoms with Crippen LogP contribution in [0.2, 0.25) is 0 Å². The number of rotatable bonds is 5. The third-order valence-electron chi connectivity index (χ3n) is 3.62. The van der Waals surface area contributed by atoms with Crippen molar-refractivity contribution in [1.29, 1.82) is 0 Å². The molecule has 2 aromatic heterocycles. The van der Waals surface area contributed by atoms with E-state index in [-0.39, 0.29) is 11.5 Å². The van der Waals surface area contributed by atoms with Gasteiger partial charge in [-0.1, -0.05) is 12.1 Å². The number of thiazole rings is 1. The summed E-state index contributed by atoms with van der Waals surface area (Å²) in [6.07, 6.45) is 0.547. The molecule has 3 aromatic rings. The van der Waals surface area contributed by atoms with E-state index in [0.717, 1.165) is 5.69 Å². The Morgan fingerprint density at radius 2 is 2.17 bits per heavy atom. The number of hydrogen-bond donors (Lipinski definition) is 1. The maximum Gasteiger partial charge on any atom is 0.258 e. The van der Waals surface area contributed by atoms with Crippen LogP contribution in [0.4, 0.5) is 0 Å². The lowest BCUT2D eigenvalue weighted by molar-refractivity contribution is 0.0951. The molecule has 1 amide bonds. The Labute approximate surface area is 142 Å². The van der Waals surface area contributed by atoms with Crippen LogP contribution >= 0.6 is 11.3 Å². The number of carbonyl (C=O) groups is 1. The van der Waals surface area contributed by atoms with Gasteiger partial charge >= 0.3 is 0 Å².